The number of alkyl halides is 9. The molecule has 728 valence electrons. The van der Waals surface area contributed by atoms with Crippen LogP contribution in [-0.4, -0.2) is 17.1 Å². The summed E-state index contributed by atoms with van der Waals surface area (Å²) in [5, 5.41) is 11.0. The number of aryl methyl sites for hydroxylation is 11. The monoisotopic (exact) mass is 1930 g/mol. The Kier molecular flexibility index (Phi) is 52.9. The molecule has 20 heteroatoms. The number of halogens is 16. The number of nitrogens with zero attached hydrogens (tertiary/aromatic N) is 3. The molecule has 0 spiro atoms. The van der Waals surface area contributed by atoms with E-state index in [1.165, 1.54) is 108 Å². The van der Waals surface area contributed by atoms with Crippen LogP contribution in [0.3, 0.4) is 0 Å². The highest BCUT2D eigenvalue weighted by molar-refractivity contribution is 6.32. The highest BCUT2D eigenvalue weighted by Gasteiger charge is 2.35. The van der Waals surface area contributed by atoms with Crippen LogP contribution in [0.15, 0.2) is 182 Å². The summed E-state index contributed by atoms with van der Waals surface area (Å²) in [5.41, 5.74) is 19.0. The Labute approximate surface area is 809 Å². The van der Waals surface area contributed by atoms with Crippen molar-refractivity contribution in [3.05, 3.63) is 365 Å². The van der Waals surface area contributed by atoms with Crippen molar-refractivity contribution in [2.75, 3.05) is 7.11 Å². The van der Waals surface area contributed by atoms with Crippen LogP contribution in [0.2, 0.25) is 20.1 Å². The summed E-state index contributed by atoms with van der Waals surface area (Å²) >= 11 is 23.5. The molecule has 11 aromatic rings. The van der Waals surface area contributed by atoms with Crippen molar-refractivity contribution in [3.8, 4) is 11.8 Å². The molecule has 0 amide bonds. The molecule has 0 unspecified atom stereocenters. The first-order chi connectivity index (χ1) is 61.3. The molecule has 0 aliphatic rings. The summed E-state index contributed by atoms with van der Waals surface area (Å²) < 4.78 is 157. The van der Waals surface area contributed by atoms with Crippen molar-refractivity contribution in [3.63, 3.8) is 0 Å². The summed E-state index contributed by atoms with van der Waals surface area (Å²) in [6, 6.07) is 53.5. The summed E-state index contributed by atoms with van der Waals surface area (Å²) in [6.07, 6.45) is -9.41. The van der Waals surface area contributed by atoms with Gasteiger partial charge in [0.2, 0.25) is 0 Å². The molecule has 0 radical (unpaired) electrons. The fraction of sp³-hybridized carbons (Fsp3) is 0.425. The van der Waals surface area contributed by atoms with Gasteiger partial charge in [-0.3, -0.25) is 9.97 Å². The van der Waals surface area contributed by atoms with Gasteiger partial charge < -0.3 is 4.74 Å². The fourth-order valence-corrected chi connectivity index (χ4v) is 12.7. The van der Waals surface area contributed by atoms with E-state index in [0.29, 0.717) is 57.2 Å². The normalized spacial score (nSPS) is 11.1. The van der Waals surface area contributed by atoms with Crippen LogP contribution in [0.1, 0.15) is 362 Å². The lowest BCUT2D eigenvalue weighted by Crippen LogP contribution is -2.10. The lowest BCUT2D eigenvalue weighted by molar-refractivity contribution is -0.139. The van der Waals surface area contributed by atoms with Gasteiger partial charge in [0, 0.05) is 28.1 Å². The third kappa shape index (κ3) is 43.2. The minimum Gasteiger partial charge on any atom is -0.496 e. The third-order valence-corrected chi connectivity index (χ3v) is 23.5. The molecule has 4 nitrogen and oxygen atoms in total. The predicted octanol–water partition coefficient (Wildman–Crippen LogP) is 39.1. The van der Waals surface area contributed by atoms with E-state index in [-0.39, 0.29) is 68.9 Å². The minimum atomic E-state index is -4.30. The number of hydrogen-bond donors (Lipinski definition) is 0. The highest BCUT2D eigenvalue weighted by atomic mass is 35.5. The predicted molar refractivity (Wildman–Crippen MR) is 540 cm³/mol. The number of rotatable bonds is 12. The quantitative estimate of drug-likeness (QED) is 0.114. The molecule has 0 saturated heterocycles. The fourth-order valence-electron chi connectivity index (χ4n) is 12.0. The van der Waals surface area contributed by atoms with Gasteiger partial charge in [0.25, 0.3) is 0 Å². The maximum Gasteiger partial charge on any atom is 0.418 e. The average Bonchev–Trinajstić information content (AvgIpc) is 0.827. The van der Waals surface area contributed by atoms with E-state index in [1.807, 2.05) is 144 Å². The van der Waals surface area contributed by atoms with Gasteiger partial charge in [-0.1, -0.05) is 302 Å². The first kappa shape index (κ1) is 122. The summed E-state index contributed by atoms with van der Waals surface area (Å²) in [6.45, 7) is 64.8. The van der Waals surface area contributed by atoms with Crippen LogP contribution in [0.4, 0.5) is 52.7 Å². The van der Waals surface area contributed by atoms with Crippen molar-refractivity contribution in [1.82, 2.24) is 9.97 Å². The van der Waals surface area contributed by atoms with E-state index in [0.717, 1.165) is 66.0 Å². The number of benzene rings is 9. The van der Waals surface area contributed by atoms with Gasteiger partial charge in [0.15, 0.2) is 0 Å². The smallest absolute Gasteiger partial charge is 0.418 e. The zero-order valence-corrected chi connectivity index (χ0v) is 87.5. The third-order valence-electron chi connectivity index (χ3n) is 21.8. The van der Waals surface area contributed by atoms with Crippen LogP contribution in [0.25, 0.3) is 0 Å². The number of pyridine rings is 2. The van der Waals surface area contributed by atoms with Crippen molar-refractivity contribution in [2.45, 2.75) is 312 Å². The molecule has 0 bridgehead atoms. The first-order valence-corrected chi connectivity index (χ1v) is 46.5. The lowest BCUT2D eigenvalue weighted by Gasteiger charge is -2.13. The number of nitriles is 1. The Bertz CT molecular complexity index is 5030. The molecule has 0 N–H and O–H groups in total. The van der Waals surface area contributed by atoms with Crippen LogP contribution < -0.4 is 4.74 Å². The van der Waals surface area contributed by atoms with Crippen molar-refractivity contribution >= 4 is 46.4 Å². The van der Waals surface area contributed by atoms with Gasteiger partial charge in [0.1, 0.15) is 23.2 Å². The topological polar surface area (TPSA) is 58.8 Å². The van der Waals surface area contributed by atoms with Gasteiger partial charge >= 0.3 is 18.5 Å². The Balaban J connectivity index is 0.000000732. The standard InChI is InChI=1S/2C11H13F3.C11H16O.C11H16.2C10H12ClF.C10H13Cl.C10H12F3N.C10H13F.C10H11N.C9H12ClN/c2*1-7(2)9-5-4-8(3)10(6-9)11(12,13)14;1-8(2)10-6-5-9(3)11(7-10)12-4;1-8(2)11-6-5-9(3)10(4)7-11;1-6(2)8-5-9(11)7(3)4-10(8)12;1-6(2)8-5-4-7(3)9(11)10(8)12;1-7(2)9-5-4-8(3)10(11)6-9;1-6(2)8-4-9(10(11,12)13)7(3)14-5-8;1-7(2)9-5-4-8(3)10(11)6-9;1-8(2)10-5-3-9(7-11)4-6-10;1-6(2)8-4-9(10)7(3)11-5-8/h2*4-7H,1-3H3;5-8H,1-4H3;5-8H,1-4H3;2*4-6H,1-3H3;4-7H,1-3H3;4-6H,1-3H3;4-7H,1-3H3;3-6,8H,1-2H3;4-6H,1-3H3. The van der Waals surface area contributed by atoms with E-state index in [4.69, 9.17) is 56.4 Å². The molecule has 0 fully saturated rings. The van der Waals surface area contributed by atoms with Crippen LogP contribution in [0, 0.1) is 105 Å². The molecule has 133 heavy (non-hydrogen) atoms. The van der Waals surface area contributed by atoms with Crippen molar-refractivity contribution in [1.29, 1.82) is 5.26 Å². The molecular formula is C113H143Cl4F12N3O. The molecule has 2 heterocycles. The molecule has 2 aromatic heterocycles. The second-order valence-electron chi connectivity index (χ2n) is 36.6. The minimum absolute atomic E-state index is 0.0295. The number of ether oxygens (including phenoxy) is 1. The summed E-state index contributed by atoms with van der Waals surface area (Å²) in [5.74, 6) is 4.36. The van der Waals surface area contributed by atoms with E-state index >= 15 is 0 Å². The molecular weight excluding hydrogens is 1790 g/mol. The molecule has 0 atom stereocenters. The second-order valence-corrected chi connectivity index (χ2v) is 38.2. The highest BCUT2D eigenvalue weighted by Crippen LogP contribution is 2.38. The SMILES string of the molecule is CC(C)c1ccc(C#N)cc1.COc1cc(C(C)C)ccc1C.Cc1cc(F)c(C(C)C)cc1Cl.Cc1ccc(C(C)C)c(F)c1Cl.Cc1ccc(C(C)C)cc1C.Cc1ccc(C(C)C)cc1C(F)(F)F.Cc1ccc(C(C)C)cc1C(F)(F)F.Cc1ccc(C(C)C)cc1Cl.Cc1ccc(C(C)C)cc1F.Cc1ncc(C(C)C)cc1C(F)(F)F.Cc1ncc(C(C)C)cc1Cl. The number of aromatic nitrogens is 2. The maximum atomic E-state index is 13.4. The van der Waals surface area contributed by atoms with E-state index in [9.17, 15) is 52.7 Å². The lowest BCUT2D eigenvalue weighted by atomic mass is 9.98. The first-order valence-electron chi connectivity index (χ1n) is 45.0. The molecule has 9 aromatic carbocycles. The summed E-state index contributed by atoms with van der Waals surface area (Å²) in [7, 11) is 1.71. The zero-order valence-electron chi connectivity index (χ0n) is 84.5. The van der Waals surface area contributed by atoms with Crippen LogP contribution in [0.5, 0.6) is 5.75 Å². The summed E-state index contributed by atoms with van der Waals surface area (Å²) in [4.78, 5) is 7.91. The zero-order chi connectivity index (χ0) is 103. The Morgan fingerprint density at radius 2 is 0.602 bits per heavy atom. The molecule has 0 aliphatic carbocycles. The van der Waals surface area contributed by atoms with Gasteiger partial charge in [-0.2, -0.15) is 44.8 Å². The molecule has 0 saturated carbocycles. The molecule has 0 aliphatic heterocycles. The Hall–Kier alpha value is -9.11. The van der Waals surface area contributed by atoms with E-state index in [2.05, 4.69) is 168 Å². The Morgan fingerprint density at radius 1 is 0.278 bits per heavy atom. The average molecular weight is 1930 g/mol. The van der Waals surface area contributed by atoms with Crippen molar-refractivity contribution in [2.24, 2.45) is 0 Å². The van der Waals surface area contributed by atoms with Crippen LogP contribution >= 0.6 is 46.4 Å². The van der Waals surface area contributed by atoms with Crippen molar-refractivity contribution < 1.29 is 57.4 Å². The number of hydrogen-bond acceptors (Lipinski definition) is 4. The maximum absolute atomic E-state index is 13.4. The van der Waals surface area contributed by atoms with Gasteiger partial charge in [-0.25, -0.2) is 13.2 Å². The largest absolute Gasteiger partial charge is 0.496 e. The second kappa shape index (κ2) is 57.7. The Morgan fingerprint density at radius 3 is 0.970 bits per heavy atom. The van der Waals surface area contributed by atoms with Crippen LogP contribution in [-0.2, 0) is 18.5 Å². The van der Waals surface area contributed by atoms with E-state index in [1.54, 1.807) is 58.2 Å². The van der Waals surface area contributed by atoms with E-state index < -0.39 is 35.2 Å². The van der Waals surface area contributed by atoms with Gasteiger partial charge in [-0.05, 0) is 319 Å². The van der Waals surface area contributed by atoms with Gasteiger partial charge in [0.05, 0.1) is 51.2 Å². The number of methoxy groups -OCH3 is 1. The molecule has 11 rings (SSSR count). The van der Waals surface area contributed by atoms with Gasteiger partial charge in [-0.15, -0.1) is 0 Å².